The van der Waals surface area contributed by atoms with Crippen molar-refractivity contribution >= 4 is 16.7 Å². The maximum atomic E-state index is 12.5. The molecule has 0 aliphatic heterocycles. The summed E-state index contributed by atoms with van der Waals surface area (Å²) in [5.74, 6) is 0. The second kappa shape index (κ2) is 5.48. The highest BCUT2D eigenvalue weighted by Crippen LogP contribution is 2.17. The van der Waals surface area contributed by atoms with E-state index in [2.05, 4.69) is 10.3 Å². The lowest BCUT2D eigenvalue weighted by atomic mass is 10.2. The molecule has 0 atom stereocenters. The van der Waals surface area contributed by atoms with Crippen LogP contribution in [0.1, 0.15) is 27.7 Å². The molecule has 2 heterocycles. The second-order valence-corrected chi connectivity index (χ2v) is 4.93. The first-order valence-electron chi connectivity index (χ1n) is 6.90. The molecule has 0 aromatic carbocycles. The van der Waals surface area contributed by atoms with Gasteiger partial charge in [0.05, 0.1) is 5.69 Å². The van der Waals surface area contributed by atoms with Gasteiger partial charge < -0.3 is 5.32 Å². The number of pyridine rings is 1. The van der Waals surface area contributed by atoms with Gasteiger partial charge in [-0.2, -0.15) is 0 Å². The zero-order valence-corrected chi connectivity index (χ0v) is 12.3. The van der Waals surface area contributed by atoms with Gasteiger partial charge in [0, 0.05) is 25.3 Å². The van der Waals surface area contributed by atoms with Crippen molar-refractivity contribution in [2.45, 2.75) is 46.8 Å². The van der Waals surface area contributed by atoms with E-state index >= 15 is 0 Å². The van der Waals surface area contributed by atoms with Gasteiger partial charge >= 0.3 is 5.69 Å². The molecule has 0 amide bonds. The highest BCUT2D eigenvalue weighted by atomic mass is 16.2. The van der Waals surface area contributed by atoms with Gasteiger partial charge in [0.1, 0.15) is 5.39 Å². The van der Waals surface area contributed by atoms with E-state index in [-0.39, 0.29) is 17.3 Å². The molecule has 6 nitrogen and oxygen atoms in total. The Balaban J connectivity index is 2.95. The molecular formula is C14H20N4O2. The van der Waals surface area contributed by atoms with E-state index in [1.807, 2.05) is 20.8 Å². The van der Waals surface area contributed by atoms with Crippen molar-refractivity contribution in [2.75, 3.05) is 5.32 Å². The first-order valence-corrected chi connectivity index (χ1v) is 6.90. The van der Waals surface area contributed by atoms with Crippen LogP contribution in [0.15, 0.2) is 21.9 Å². The van der Waals surface area contributed by atoms with Gasteiger partial charge in [-0.25, -0.2) is 9.78 Å². The second-order valence-electron chi connectivity index (χ2n) is 4.93. The minimum atomic E-state index is -0.304. The van der Waals surface area contributed by atoms with Gasteiger partial charge in [0.15, 0.2) is 5.65 Å². The number of aromatic nitrogens is 3. The molecular weight excluding hydrogens is 256 g/mol. The fourth-order valence-electron chi connectivity index (χ4n) is 2.32. The van der Waals surface area contributed by atoms with Crippen LogP contribution in [0.5, 0.6) is 0 Å². The van der Waals surface area contributed by atoms with Crippen LogP contribution in [0, 0.1) is 0 Å². The molecule has 2 rings (SSSR count). The van der Waals surface area contributed by atoms with E-state index in [1.165, 1.54) is 9.13 Å². The normalized spacial score (nSPS) is 11.2. The Morgan fingerprint density at radius 2 is 1.85 bits per heavy atom. The van der Waals surface area contributed by atoms with E-state index in [9.17, 15) is 9.59 Å². The van der Waals surface area contributed by atoms with Crippen molar-refractivity contribution in [3.63, 3.8) is 0 Å². The number of nitrogens with one attached hydrogen (secondary N) is 1. The van der Waals surface area contributed by atoms with Gasteiger partial charge in [-0.15, -0.1) is 0 Å². The molecule has 6 heteroatoms. The highest BCUT2D eigenvalue weighted by molar-refractivity contribution is 5.88. The van der Waals surface area contributed by atoms with Gasteiger partial charge in [-0.3, -0.25) is 13.9 Å². The summed E-state index contributed by atoms with van der Waals surface area (Å²) in [5.41, 5.74) is 0.576. The third-order valence-electron chi connectivity index (χ3n) is 3.18. The smallest absolute Gasteiger partial charge is 0.332 e. The van der Waals surface area contributed by atoms with Crippen LogP contribution in [-0.2, 0) is 13.1 Å². The topological polar surface area (TPSA) is 68.9 Å². The van der Waals surface area contributed by atoms with E-state index in [4.69, 9.17) is 0 Å². The summed E-state index contributed by atoms with van der Waals surface area (Å²) in [6, 6.07) is 1.96. The molecule has 108 valence electrons. The predicted octanol–water partition coefficient (Wildman–Crippen LogP) is 1.42. The number of hydrogen-bond acceptors (Lipinski definition) is 4. The molecule has 2 aromatic rings. The molecule has 0 saturated carbocycles. The van der Waals surface area contributed by atoms with Gasteiger partial charge in [-0.05, 0) is 33.8 Å². The highest BCUT2D eigenvalue weighted by Gasteiger charge is 2.15. The molecule has 0 bridgehead atoms. The van der Waals surface area contributed by atoms with Crippen LogP contribution in [-0.4, -0.2) is 20.2 Å². The van der Waals surface area contributed by atoms with Crippen LogP contribution >= 0.6 is 0 Å². The molecule has 0 aliphatic carbocycles. The van der Waals surface area contributed by atoms with Crippen molar-refractivity contribution in [1.82, 2.24) is 14.1 Å². The van der Waals surface area contributed by atoms with Crippen molar-refractivity contribution in [3.05, 3.63) is 33.1 Å². The summed E-state index contributed by atoms with van der Waals surface area (Å²) in [6.07, 6.45) is 1.62. The molecule has 0 unspecified atom stereocenters. The Morgan fingerprint density at radius 3 is 2.40 bits per heavy atom. The van der Waals surface area contributed by atoms with E-state index in [0.717, 1.165) is 5.69 Å². The summed E-state index contributed by atoms with van der Waals surface area (Å²) in [5, 5.41) is 3.72. The summed E-state index contributed by atoms with van der Waals surface area (Å²) in [4.78, 5) is 29.0. The summed E-state index contributed by atoms with van der Waals surface area (Å²) >= 11 is 0. The number of hydrogen-bond donors (Lipinski definition) is 1. The minimum Gasteiger partial charge on any atom is -0.382 e. The monoisotopic (exact) mass is 276 g/mol. The third kappa shape index (κ3) is 2.21. The average Bonchev–Trinajstić information content (AvgIpc) is 2.39. The summed E-state index contributed by atoms with van der Waals surface area (Å²) in [6.45, 7) is 8.49. The minimum absolute atomic E-state index is 0.192. The first-order chi connectivity index (χ1) is 9.51. The Bertz CT molecular complexity index is 743. The lowest BCUT2D eigenvalue weighted by Crippen LogP contribution is -2.40. The zero-order chi connectivity index (χ0) is 14.9. The fraction of sp³-hybridized carbons (Fsp3) is 0.500. The Labute approximate surface area is 117 Å². The van der Waals surface area contributed by atoms with Gasteiger partial charge in [0.2, 0.25) is 0 Å². The van der Waals surface area contributed by atoms with Crippen LogP contribution in [0.25, 0.3) is 11.0 Å². The van der Waals surface area contributed by atoms with Crippen LogP contribution < -0.4 is 16.6 Å². The molecule has 0 spiro atoms. The molecule has 1 N–H and O–H groups in total. The van der Waals surface area contributed by atoms with Gasteiger partial charge in [0.25, 0.3) is 5.56 Å². The van der Waals surface area contributed by atoms with Gasteiger partial charge in [-0.1, -0.05) is 0 Å². The molecule has 0 saturated heterocycles. The first kappa shape index (κ1) is 14.3. The lowest BCUT2D eigenvalue weighted by Gasteiger charge is -2.15. The number of nitrogens with zero attached hydrogens (tertiary/aromatic N) is 3. The fourth-order valence-corrected chi connectivity index (χ4v) is 2.32. The van der Waals surface area contributed by atoms with Crippen LogP contribution in [0.4, 0.5) is 5.69 Å². The Kier molecular flexibility index (Phi) is 3.92. The third-order valence-corrected chi connectivity index (χ3v) is 3.18. The average molecular weight is 276 g/mol. The molecule has 0 radical (unpaired) electrons. The summed E-state index contributed by atoms with van der Waals surface area (Å²) in [7, 11) is 0. The molecule has 0 fully saturated rings. The summed E-state index contributed by atoms with van der Waals surface area (Å²) < 4.78 is 2.78. The number of rotatable bonds is 4. The van der Waals surface area contributed by atoms with E-state index in [1.54, 1.807) is 19.2 Å². The number of fused-ring (bicyclic) bond motifs is 1. The van der Waals surface area contributed by atoms with Crippen molar-refractivity contribution in [3.8, 4) is 0 Å². The van der Waals surface area contributed by atoms with E-state index in [0.29, 0.717) is 24.1 Å². The number of aryl methyl sites for hydroxylation is 1. The van der Waals surface area contributed by atoms with Crippen molar-refractivity contribution in [1.29, 1.82) is 0 Å². The Hall–Kier alpha value is -2.11. The van der Waals surface area contributed by atoms with E-state index < -0.39 is 0 Å². The standard InChI is InChI=1S/C14H20N4O2/c1-5-17-12-11(13(19)18(6-2)14(17)20)10(7-8-15-12)16-9(3)4/h7-9H,5-6H2,1-4H3,(H,15,16). The predicted molar refractivity (Wildman–Crippen MR) is 80.4 cm³/mol. The molecule has 2 aromatic heterocycles. The lowest BCUT2D eigenvalue weighted by molar-refractivity contribution is 0.605. The quantitative estimate of drug-likeness (QED) is 0.917. The Morgan fingerprint density at radius 1 is 1.20 bits per heavy atom. The maximum Gasteiger partial charge on any atom is 0.332 e. The van der Waals surface area contributed by atoms with Crippen LogP contribution in [0.2, 0.25) is 0 Å². The number of anilines is 1. The van der Waals surface area contributed by atoms with Crippen molar-refractivity contribution < 1.29 is 0 Å². The van der Waals surface area contributed by atoms with Crippen LogP contribution in [0.3, 0.4) is 0 Å². The largest absolute Gasteiger partial charge is 0.382 e. The maximum absolute atomic E-state index is 12.5. The van der Waals surface area contributed by atoms with Crippen molar-refractivity contribution in [2.24, 2.45) is 0 Å². The molecule has 20 heavy (non-hydrogen) atoms. The SMILES string of the molecule is CCn1c(=O)c2c(NC(C)C)ccnc2n(CC)c1=O. The zero-order valence-electron chi connectivity index (χ0n) is 12.3. The molecule has 0 aliphatic rings.